The summed E-state index contributed by atoms with van der Waals surface area (Å²) in [5.41, 5.74) is 0. The third kappa shape index (κ3) is 8.04. The molecule has 6 heteroatoms. The van der Waals surface area contributed by atoms with Crippen molar-refractivity contribution in [1.82, 2.24) is 5.32 Å². The molecule has 0 aliphatic rings. The molecule has 0 aliphatic carbocycles. The van der Waals surface area contributed by atoms with Crippen molar-refractivity contribution in [1.29, 1.82) is 0 Å². The van der Waals surface area contributed by atoms with Gasteiger partial charge < -0.3 is 14.8 Å². The first-order valence-electron chi connectivity index (χ1n) is 7.25. The van der Waals surface area contributed by atoms with Gasteiger partial charge in [0.15, 0.2) is 9.84 Å². The molecule has 0 bridgehead atoms. The van der Waals surface area contributed by atoms with E-state index in [1.54, 1.807) is 24.3 Å². The Morgan fingerprint density at radius 3 is 2.67 bits per heavy atom. The van der Waals surface area contributed by atoms with Crippen LogP contribution in [0, 0.1) is 0 Å². The third-order valence-electron chi connectivity index (χ3n) is 2.88. The Morgan fingerprint density at radius 1 is 1.14 bits per heavy atom. The highest BCUT2D eigenvalue weighted by Crippen LogP contribution is 2.16. The normalized spacial score (nSPS) is 11.5. The lowest BCUT2D eigenvalue weighted by molar-refractivity contribution is 0.143. The van der Waals surface area contributed by atoms with E-state index in [1.165, 1.54) is 6.26 Å². The molecule has 21 heavy (non-hydrogen) atoms. The van der Waals surface area contributed by atoms with Crippen LogP contribution >= 0.6 is 0 Å². The molecule has 0 heterocycles. The van der Waals surface area contributed by atoms with Crippen molar-refractivity contribution < 1.29 is 17.9 Å². The van der Waals surface area contributed by atoms with Crippen LogP contribution in [0.5, 0.6) is 5.75 Å². The average Bonchev–Trinajstić information content (AvgIpc) is 2.45. The number of unbranched alkanes of at least 4 members (excludes halogenated alkanes) is 1. The van der Waals surface area contributed by atoms with Crippen LogP contribution in [-0.4, -0.2) is 47.6 Å². The molecule has 0 saturated heterocycles. The van der Waals surface area contributed by atoms with Crippen LogP contribution in [-0.2, 0) is 14.6 Å². The topological polar surface area (TPSA) is 64.6 Å². The number of benzene rings is 1. The van der Waals surface area contributed by atoms with E-state index in [9.17, 15) is 8.42 Å². The predicted octanol–water partition coefficient (Wildman–Crippen LogP) is 1.88. The number of rotatable bonds is 11. The average molecular weight is 315 g/mol. The first-order chi connectivity index (χ1) is 10.0. The van der Waals surface area contributed by atoms with Gasteiger partial charge in [0.25, 0.3) is 0 Å². The highest BCUT2D eigenvalue weighted by atomic mass is 32.2. The highest BCUT2D eigenvalue weighted by molar-refractivity contribution is 7.90. The lowest BCUT2D eigenvalue weighted by Crippen LogP contribution is -2.22. The fourth-order valence-corrected chi connectivity index (χ4v) is 2.42. The third-order valence-corrected chi connectivity index (χ3v) is 3.99. The lowest BCUT2D eigenvalue weighted by Gasteiger charge is -2.08. The molecule has 1 aromatic rings. The van der Waals surface area contributed by atoms with Gasteiger partial charge in [0, 0.05) is 26.0 Å². The molecule has 0 amide bonds. The van der Waals surface area contributed by atoms with Crippen molar-refractivity contribution in [3.05, 3.63) is 24.3 Å². The van der Waals surface area contributed by atoms with E-state index in [0.29, 0.717) is 12.4 Å². The summed E-state index contributed by atoms with van der Waals surface area (Å²) >= 11 is 0. The van der Waals surface area contributed by atoms with Gasteiger partial charge in [-0.1, -0.05) is 6.07 Å². The molecule has 120 valence electrons. The van der Waals surface area contributed by atoms with Crippen molar-refractivity contribution in [2.75, 3.05) is 39.2 Å². The molecule has 0 aromatic heterocycles. The fourth-order valence-electron chi connectivity index (χ4n) is 1.76. The Hall–Kier alpha value is -1.11. The van der Waals surface area contributed by atoms with Gasteiger partial charge in [0.2, 0.25) is 0 Å². The fraction of sp³-hybridized carbons (Fsp3) is 0.600. The van der Waals surface area contributed by atoms with Crippen LogP contribution in [0.2, 0.25) is 0 Å². The maximum absolute atomic E-state index is 11.4. The molecule has 0 atom stereocenters. The van der Waals surface area contributed by atoms with E-state index in [4.69, 9.17) is 9.47 Å². The van der Waals surface area contributed by atoms with E-state index >= 15 is 0 Å². The molecular weight excluding hydrogens is 290 g/mol. The molecule has 1 rings (SSSR count). The van der Waals surface area contributed by atoms with Gasteiger partial charge in [-0.15, -0.1) is 0 Å². The highest BCUT2D eigenvalue weighted by Gasteiger charge is 2.07. The Labute approximate surface area is 127 Å². The maximum Gasteiger partial charge on any atom is 0.175 e. The number of ether oxygens (including phenoxy) is 2. The Balaban J connectivity index is 2.16. The van der Waals surface area contributed by atoms with Gasteiger partial charge >= 0.3 is 0 Å². The lowest BCUT2D eigenvalue weighted by atomic mass is 10.3. The zero-order valence-corrected chi connectivity index (χ0v) is 13.6. The smallest absolute Gasteiger partial charge is 0.175 e. The number of hydrogen-bond acceptors (Lipinski definition) is 5. The second-order valence-corrected chi connectivity index (χ2v) is 6.77. The molecule has 0 radical (unpaired) electrons. The summed E-state index contributed by atoms with van der Waals surface area (Å²) in [7, 11) is -3.18. The minimum absolute atomic E-state index is 0.281. The van der Waals surface area contributed by atoms with Crippen molar-refractivity contribution >= 4 is 9.84 Å². The molecule has 0 aliphatic heterocycles. The van der Waals surface area contributed by atoms with Crippen LogP contribution < -0.4 is 10.1 Å². The summed E-state index contributed by atoms with van der Waals surface area (Å²) in [5, 5.41) is 3.28. The molecule has 0 fully saturated rings. The van der Waals surface area contributed by atoms with Crippen LogP contribution in [0.1, 0.15) is 19.8 Å². The summed E-state index contributed by atoms with van der Waals surface area (Å²) in [6.07, 6.45) is 3.32. The standard InChI is InChI=1S/C15H25NO4S/c1-3-19-11-5-4-9-16-10-12-20-14-7-6-8-15(13-14)21(2,17)18/h6-8,13,16H,3-5,9-12H2,1-2H3. The summed E-state index contributed by atoms with van der Waals surface area (Å²) in [4.78, 5) is 0.281. The predicted molar refractivity (Wildman–Crippen MR) is 83.6 cm³/mol. The first-order valence-corrected chi connectivity index (χ1v) is 9.14. The number of nitrogens with one attached hydrogen (secondary N) is 1. The molecule has 0 spiro atoms. The van der Waals surface area contributed by atoms with Crippen LogP contribution in [0.4, 0.5) is 0 Å². The molecule has 0 saturated carbocycles. The SMILES string of the molecule is CCOCCCCNCCOc1cccc(S(C)(=O)=O)c1. The van der Waals surface area contributed by atoms with E-state index in [-0.39, 0.29) is 4.90 Å². The maximum atomic E-state index is 11.4. The van der Waals surface area contributed by atoms with Crippen molar-refractivity contribution in [3.8, 4) is 5.75 Å². The van der Waals surface area contributed by atoms with Crippen LogP contribution in [0.25, 0.3) is 0 Å². The van der Waals surface area contributed by atoms with Crippen LogP contribution in [0.15, 0.2) is 29.2 Å². The Bertz CT molecular complexity index is 502. The van der Waals surface area contributed by atoms with Gasteiger partial charge in [0.05, 0.1) is 4.90 Å². The summed E-state index contributed by atoms with van der Waals surface area (Å²) in [6.45, 7) is 5.76. The van der Waals surface area contributed by atoms with Crippen molar-refractivity contribution in [3.63, 3.8) is 0 Å². The molecule has 5 nitrogen and oxygen atoms in total. The first kappa shape index (κ1) is 17.9. The summed E-state index contributed by atoms with van der Waals surface area (Å²) in [5.74, 6) is 0.580. The summed E-state index contributed by atoms with van der Waals surface area (Å²) < 4.78 is 33.7. The van der Waals surface area contributed by atoms with Crippen molar-refractivity contribution in [2.24, 2.45) is 0 Å². The minimum Gasteiger partial charge on any atom is -0.492 e. The Kier molecular flexibility index (Phi) is 8.34. The monoisotopic (exact) mass is 315 g/mol. The quantitative estimate of drug-likeness (QED) is 0.632. The molecule has 1 aromatic carbocycles. The number of sulfone groups is 1. The Morgan fingerprint density at radius 2 is 1.95 bits per heavy atom. The van der Waals surface area contributed by atoms with Crippen LogP contribution in [0.3, 0.4) is 0 Å². The minimum atomic E-state index is -3.18. The van der Waals surface area contributed by atoms with E-state index in [2.05, 4.69) is 5.32 Å². The van der Waals surface area contributed by atoms with Gasteiger partial charge in [-0.3, -0.25) is 0 Å². The molecular formula is C15H25NO4S. The second kappa shape index (κ2) is 9.76. The van der Waals surface area contributed by atoms with Gasteiger partial charge in [0.1, 0.15) is 12.4 Å². The van der Waals surface area contributed by atoms with E-state index in [0.717, 1.165) is 39.1 Å². The van der Waals surface area contributed by atoms with Crippen molar-refractivity contribution in [2.45, 2.75) is 24.7 Å². The van der Waals surface area contributed by atoms with Gasteiger partial charge in [-0.25, -0.2) is 8.42 Å². The zero-order chi connectivity index (χ0) is 15.6. The summed E-state index contributed by atoms with van der Waals surface area (Å²) in [6, 6.07) is 6.57. The van der Waals surface area contributed by atoms with E-state index in [1.807, 2.05) is 6.92 Å². The second-order valence-electron chi connectivity index (χ2n) is 4.75. The molecule has 1 N–H and O–H groups in total. The largest absolute Gasteiger partial charge is 0.492 e. The van der Waals surface area contributed by atoms with E-state index < -0.39 is 9.84 Å². The van der Waals surface area contributed by atoms with Gasteiger partial charge in [-0.2, -0.15) is 0 Å². The van der Waals surface area contributed by atoms with Gasteiger partial charge in [-0.05, 0) is 44.5 Å². The molecule has 0 unspecified atom stereocenters. The zero-order valence-electron chi connectivity index (χ0n) is 12.8. The number of hydrogen-bond donors (Lipinski definition) is 1.